The van der Waals surface area contributed by atoms with Gasteiger partial charge >= 0.3 is 0 Å². The number of carbonyl (C=O) groups excluding carboxylic acids is 3. The van der Waals surface area contributed by atoms with Crippen molar-refractivity contribution in [1.82, 2.24) is 20.1 Å². The van der Waals surface area contributed by atoms with E-state index in [-0.39, 0.29) is 36.7 Å². The number of alkyl halides is 1. The number of benzene rings is 1. The monoisotopic (exact) mass is 569 g/mol. The predicted octanol–water partition coefficient (Wildman–Crippen LogP) is 2.68. The third-order valence-corrected chi connectivity index (χ3v) is 9.84. The molecule has 1 aliphatic carbocycles. The Morgan fingerprint density at radius 1 is 1.12 bits per heavy atom. The van der Waals surface area contributed by atoms with Crippen molar-refractivity contribution < 1.29 is 23.5 Å². The number of carbonyl (C=O) groups is 3. The highest BCUT2D eigenvalue weighted by molar-refractivity contribution is 7.16. The first-order chi connectivity index (χ1) is 19.3. The lowest BCUT2D eigenvalue weighted by Gasteiger charge is -2.32. The van der Waals surface area contributed by atoms with Crippen molar-refractivity contribution in [3.63, 3.8) is 0 Å². The molecule has 0 bridgehead atoms. The molecule has 1 aromatic carbocycles. The molecular weight excluding hydrogens is 533 g/mol. The third kappa shape index (κ3) is 5.14. The van der Waals surface area contributed by atoms with Crippen LogP contribution in [0.3, 0.4) is 0 Å². The molecule has 4 heterocycles. The highest BCUT2D eigenvalue weighted by Gasteiger charge is 2.54. The Kier molecular flexibility index (Phi) is 7.62. The number of likely N-dealkylation sites (tertiary alicyclic amines) is 1. The van der Waals surface area contributed by atoms with Crippen LogP contribution in [0.1, 0.15) is 40.9 Å². The molecule has 9 nitrogen and oxygen atoms in total. The van der Waals surface area contributed by atoms with Crippen LogP contribution in [-0.2, 0) is 14.3 Å². The zero-order valence-corrected chi connectivity index (χ0v) is 23.8. The quantitative estimate of drug-likeness (QED) is 0.572. The highest BCUT2D eigenvalue weighted by atomic mass is 32.1. The zero-order chi connectivity index (χ0) is 28.0. The Labute approximate surface area is 237 Å². The second kappa shape index (κ2) is 11.2. The number of aryl methyl sites for hydroxylation is 1. The number of nitrogens with one attached hydrogen (secondary N) is 1. The van der Waals surface area contributed by atoms with Gasteiger partial charge in [0.25, 0.3) is 5.91 Å². The van der Waals surface area contributed by atoms with Gasteiger partial charge < -0.3 is 24.8 Å². The number of nitrogens with zero attached hydrogens (tertiary/aromatic N) is 4. The first-order valence-electron chi connectivity index (χ1n) is 14.2. The fourth-order valence-electron chi connectivity index (χ4n) is 6.46. The molecule has 2 aromatic rings. The van der Waals surface area contributed by atoms with Crippen molar-refractivity contribution in [1.29, 1.82) is 0 Å². The number of thiazole rings is 1. The lowest BCUT2D eigenvalue weighted by atomic mass is 9.95. The van der Waals surface area contributed by atoms with E-state index >= 15 is 0 Å². The number of ether oxygens (including phenoxy) is 1. The molecule has 0 spiro atoms. The van der Waals surface area contributed by atoms with Crippen molar-refractivity contribution in [3.8, 4) is 11.3 Å². The van der Waals surface area contributed by atoms with Crippen molar-refractivity contribution >= 4 is 34.1 Å². The van der Waals surface area contributed by atoms with Gasteiger partial charge in [-0.05, 0) is 44.9 Å². The van der Waals surface area contributed by atoms with Gasteiger partial charge in [0.1, 0.15) is 31.0 Å². The molecule has 214 valence electrons. The normalized spacial score (nSPS) is 26.4. The van der Waals surface area contributed by atoms with Crippen molar-refractivity contribution in [3.05, 3.63) is 34.7 Å². The number of piperazine rings is 1. The van der Waals surface area contributed by atoms with Gasteiger partial charge in [-0.25, -0.2) is 9.37 Å². The largest absolute Gasteiger partial charge is 0.365 e. The van der Waals surface area contributed by atoms with E-state index in [1.807, 2.05) is 12.1 Å². The SMILES string of the molecule is Cc1sc(N2CCN(C)CC2)nc1-c1ccc(C(=O)N[C@H](C(=O)N2C[C@H](F)[C@H]3OCC(=O)[C@H]32)C2CCCC2)cc1. The number of amides is 2. The summed E-state index contributed by atoms with van der Waals surface area (Å²) in [6, 6.07) is 5.59. The molecule has 1 saturated carbocycles. The molecule has 4 atom stereocenters. The first kappa shape index (κ1) is 27.3. The summed E-state index contributed by atoms with van der Waals surface area (Å²) >= 11 is 1.69. The molecule has 2 amide bonds. The Morgan fingerprint density at radius 2 is 1.82 bits per heavy atom. The number of aromatic nitrogens is 1. The number of hydrogen-bond acceptors (Lipinski definition) is 8. The molecule has 11 heteroatoms. The van der Waals surface area contributed by atoms with E-state index in [4.69, 9.17) is 9.72 Å². The molecule has 4 fully saturated rings. The molecule has 40 heavy (non-hydrogen) atoms. The van der Waals surface area contributed by atoms with Gasteiger partial charge in [-0.2, -0.15) is 0 Å². The van der Waals surface area contributed by atoms with Crippen LogP contribution in [0.4, 0.5) is 9.52 Å². The van der Waals surface area contributed by atoms with Crippen LogP contribution in [0, 0.1) is 12.8 Å². The summed E-state index contributed by atoms with van der Waals surface area (Å²) in [6.45, 7) is 5.64. The Bertz CT molecular complexity index is 1270. The van der Waals surface area contributed by atoms with Gasteiger partial charge in [0.15, 0.2) is 10.9 Å². The number of Topliss-reactive ketones (excluding diaryl/α,β-unsaturated/α-hetero) is 1. The number of fused-ring (bicyclic) bond motifs is 1. The van der Waals surface area contributed by atoms with Gasteiger partial charge in [-0.3, -0.25) is 14.4 Å². The number of hydrogen-bond donors (Lipinski definition) is 1. The zero-order valence-electron chi connectivity index (χ0n) is 23.0. The van der Waals surface area contributed by atoms with Crippen LogP contribution in [-0.4, -0.2) is 103 Å². The van der Waals surface area contributed by atoms with E-state index in [2.05, 4.69) is 29.1 Å². The van der Waals surface area contributed by atoms with Crippen LogP contribution in [0.15, 0.2) is 24.3 Å². The maximum Gasteiger partial charge on any atom is 0.251 e. The van der Waals surface area contributed by atoms with Crippen LogP contribution in [0.25, 0.3) is 11.3 Å². The fraction of sp³-hybridized carbons (Fsp3) is 0.586. The minimum absolute atomic E-state index is 0.0455. The third-order valence-electron chi connectivity index (χ3n) is 8.81. The number of ketones is 1. The summed E-state index contributed by atoms with van der Waals surface area (Å²) in [4.78, 5) is 51.4. The summed E-state index contributed by atoms with van der Waals surface area (Å²) in [7, 11) is 2.13. The summed E-state index contributed by atoms with van der Waals surface area (Å²) in [6.07, 6.45) is 1.25. The second-order valence-corrected chi connectivity index (χ2v) is 12.6. The summed E-state index contributed by atoms with van der Waals surface area (Å²) < 4.78 is 19.9. The smallest absolute Gasteiger partial charge is 0.251 e. The van der Waals surface area contributed by atoms with Crippen LogP contribution in [0.2, 0.25) is 0 Å². The van der Waals surface area contributed by atoms with Gasteiger partial charge in [-0.1, -0.05) is 25.0 Å². The molecule has 0 unspecified atom stereocenters. The van der Waals surface area contributed by atoms with Crippen molar-refractivity contribution in [2.75, 3.05) is 51.3 Å². The van der Waals surface area contributed by atoms with E-state index in [0.29, 0.717) is 5.56 Å². The Morgan fingerprint density at radius 3 is 2.52 bits per heavy atom. The average molecular weight is 570 g/mol. The second-order valence-electron chi connectivity index (χ2n) is 11.5. The molecular formula is C29H36FN5O4S. The minimum atomic E-state index is -1.40. The Balaban J connectivity index is 1.17. The molecule has 6 rings (SSSR count). The Hall–Kier alpha value is -2.89. The molecule has 3 saturated heterocycles. The number of rotatable bonds is 6. The summed E-state index contributed by atoms with van der Waals surface area (Å²) in [5.41, 5.74) is 2.29. The molecule has 0 radical (unpaired) electrons. The van der Waals surface area contributed by atoms with Crippen molar-refractivity contribution in [2.45, 2.75) is 57.0 Å². The molecule has 4 aliphatic rings. The maximum atomic E-state index is 14.6. The van der Waals surface area contributed by atoms with Gasteiger partial charge in [0.2, 0.25) is 5.91 Å². The van der Waals surface area contributed by atoms with E-state index in [1.54, 1.807) is 23.5 Å². The number of likely N-dealkylation sites (N-methyl/N-ethyl adjacent to an activating group) is 1. The van der Waals surface area contributed by atoms with E-state index in [1.165, 1.54) is 4.90 Å². The van der Waals surface area contributed by atoms with Crippen LogP contribution in [0.5, 0.6) is 0 Å². The van der Waals surface area contributed by atoms with E-state index < -0.39 is 24.4 Å². The highest BCUT2D eigenvalue weighted by Crippen LogP contribution is 2.35. The molecule has 3 aliphatic heterocycles. The predicted molar refractivity (Wildman–Crippen MR) is 150 cm³/mol. The number of anilines is 1. The fourth-order valence-corrected chi connectivity index (χ4v) is 7.44. The minimum Gasteiger partial charge on any atom is -0.365 e. The average Bonchev–Trinajstić information content (AvgIpc) is 3.75. The topological polar surface area (TPSA) is 95.1 Å². The number of halogens is 1. The first-order valence-corrected chi connectivity index (χ1v) is 15.0. The molecule has 1 N–H and O–H groups in total. The lowest BCUT2D eigenvalue weighted by molar-refractivity contribution is -0.139. The van der Waals surface area contributed by atoms with E-state index in [0.717, 1.165) is 73.1 Å². The van der Waals surface area contributed by atoms with Crippen LogP contribution >= 0.6 is 11.3 Å². The van der Waals surface area contributed by atoms with Gasteiger partial charge in [0, 0.05) is 42.2 Å². The lowest BCUT2D eigenvalue weighted by Crippen LogP contribution is -2.54. The van der Waals surface area contributed by atoms with Crippen LogP contribution < -0.4 is 10.2 Å². The van der Waals surface area contributed by atoms with E-state index in [9.17, 15) is 18.8 Å². The standard InChI is InChI=1S/C29H36FN5O4S/c1-17-23(32-29(40-17)34-13-11-33(2)12-14-34)19-7-9-20(10-8-19)27(37)31-24(18-5-3-4-6-18)28(38)35-15-21(30)26-25(35)22(36)16-39-26/h7-10,18,21,24-26H,3-6,11-16H2,1-2H3,(H,31,37)/t21-,24-,25+,26+/m0/s1. The van der Waals surface area contributed by atoms with Gasteiger partial charge in [-0.15, -0.1) is 11.3 Å². The summed E-state index contributed by atoms with van der Waals surface area (Å²) in [5.74, 6) is -1.07. The van der Waals surface area contributed by atoms with Crippen molar-refractivity contribution in [2.24, 2.45) is 5.92 Å². The summed E-state index contributed by atoms with van der Waals surface area (Å²) in [5, 5.41) is 3.97. The molecule has 1 aromatic heterocycles. The van der Waals surface area contributed by atoms with Gasteiger partial charge in [0.05, 0.1) is 12.2 Å². The maximum absolute atomic E-state index is 14.6.